The van der Waals surface area contributed by atoms with Crippen molar-refractivity contribution >= 4 is 51.5 Å². The van der Waals surface area contributed by atoms with Crippen molar-refractivity contribution in [2.75, 3.05) is 5.32 Å². The number of amides is 1. The number of rotatable bonds is 4. The molecule has 4 rings (SSSR count). The Hall–Kier alpha value is -3.19. The number of para-hydroxylation sites is 1. The zero-order chi connectivity index (χ0) is 22.0. The Morgan fingerprint density at radius 2 is 1.94 bits per heavy atom. The van der Waals surface area contributed by atoms with Gasteiger partial charge in [-0.1, -0.05) is 47.5 Å². The number of hydrogen-bond donors (Lipinski definition) is 2. The number of aryl methyl sites for hydroxylation is 1. The van der Waals surface area contributed by atoms with E-state index in [0.717, 1.165) is 0 Å². The summed E-state index contributed by atoms with van der Waals surface area (Å²) in [4.78, 5) is 22.0. The molecule has 0 aliphatic carbocycles. The van der Waals surface area contributed by atoms with Crippen molar-refractivity contribution in [2.45, 2.75) is 13.5 Å². The van der Waals surface area contributed by atoms with E-state index in [1.54, 1.807) is 49.5 Å². The molecule has 31 heavy (non-hydrogen) atoms. The van der Waals surface area contributed by atoms with Gasteiger partial charge in [0.2, 0.25) is 5.55 Å². The van der Waals surface area contributed by atoms with E-state index in [4.69, 9.17) is 27.6 Å². The minimum atomic E-state index is -0.483. The monoisotopic (exact) mass is 453 g/mol. The molecule has 0 aliphatic rings. The summed E-state index contributed by atoms with van der Waals surface area (Å²) < 4.78 is 6.02. The number of carbonyl (C=O) groups excluding carboxylic acids is 1. The molecule has 0 bridgehead atoms. The van der Waals surface area contributed by atoms with Gasteiger partial charge in [0.1, 0.15) is 5.56 Å². The Morgan fingerprint density at radius 3 is 2.68 bits per heavy atom. The second-order valence-corrected chi connectivity index (χ2v) is 7.52. The number of hydrogen-bond acceptors (Lipinski definition) is 5. The van der Waals surface area contributed by atoms with E-state index in [1.807, 2.05) is 18.2 Å². The molecule has 2 N–H and O–H groups in total. The molecule has 156 valence electrons. The molecule has 0 saturated carbocycles. The predicted octanol–water partition coefficient (Wildman–Crippen LogP) is 5.42. The Balaban J connectivity index is 1.93. The van der Waals surface area contributed by atoms with E-state index in [-0.39, 0.29) is 22.7 Å². The van der Waals surface area contributed by atoms with E-state index in [9.17, 15) is 9.90 Å². The van der Waals surface area contributed by atoms with Gasteiger partial charge in [-0.05, 0) is 37.3 Å². The lowest BCUT2D eigenvalue weighted by Gasteiger charge is -2.11. The number of benzene rings is 2. The van der Waals surface area contributed by atoms with Crippen LogP contribution in [0.4, 0.5) is 11.4 Å². The van der Waals surface area contributed by atoms with Crippen LogP contribution in [0.3, 0.4) is 0 Å². The van der Waals surface area contributed by atoms with Crippen LogP contribution in [0.15, 0.2) is 70.2 Å². The van der Waals surface area contributed by atoms with Crippen molar-refractivity contribution in [3.05, 3.63) is 93.2 Å². The van der Waals surface area contributed by atoms with Crippen LogP contribution >= 0.6 is 23.2 Å². The standard InChI is InChI=1S/C23H17Cl2N3O3/c1-13-21-16(14(12-29)11-26-13)10-17(23(31-21)27-15-6-3-2-4-7-15)22(30)28-19-9-5-8-18(24)20(19)25/h2-11,29H,12H2,1H3,(H,28,30). The minimum Gasteiger partial charge on any atom is -0.436 e. The molecule has 2 aromatic carbocycles. The molecule has 0 saturated heterocycles. The molecular weight excluding hydrogens is 437 g/mol. The van der Waals surface area contributed by atoms with Crippen LogP contribution in [-0.4, -0.2) is 16.0 Å². The predicted molar refractivity (Wildman–Crippen MR) is 121 cm³/mol. The van der Waals surface area contributed by atoms with Crippen LogP contribution in [-0.2, 0) is 6.61 Å². The SMILES string of the molecule is Cc1ncc(CO)c2cc(C(=O)Nc3cccc(Cl)c3Cl)c(=Nc3ccccc3)oc12. The van der Waals surface area contributed by atoms with Crippen molar-refractivity contribution < 1.29 is 14.3 Å². The molecule has 4 aromatic rings. The summed E-state index contributed by atoms with van der Waals surface area (Å²) in [6.45, 7) is 1.53. The fraction of sp³-hybridized carbons (Fsp3) is 0.0870. The third-order valence-electron chi connectivity index (χ3n) is 4.65. The number of anilines is 1. The number of aliphatic hydroxyl groups is 1. The summed E-state index contributed by atoms with van der Waals surface area (Å²) in [6, 6.07) is 15.7. The molecule has 0 atom stereocenters. The van der Waals surface area contributed by atoms with Crippen molar-refractivity contribution in [1.82, 2.24) is 4.98 Å². The molecule has 0 unspecified atom stereocenters. The molecule has 0 spiro atoms. The molecule has 8 heteroatoms. The van der Waals surface area contributed by atoms with Gasteiger partial charge >= 0.3 is 0 Å². The molecule has 0 aliphatic heterocycles. The van der Waals surface area contributed by atoms with Crippen LogP contribution in [0.2, 0.25) is 10.0 Å². The number of aromatic nitrogens is 1. The first kappa shape index (κ1) is 21.1. The Morgan fingerprint density at radius 1 is 1.16 bits per heavy atom. The van der Waals surface area contributed by atoms with E-state index < -0.39 is 5.91 Å². The van der Waals surface area contributed by atoms with Gasteiger partial charge in [0.15, 0.2) is 5.58 Å². The van der Waals surface area contributed by atoms with Crippen molar-refractivity contribution in [1.29, 1.82) is 0 Å². The molecule has 6 nitrogen and oxygen atoms in total. The smallest absolute Gasteiger partial charge is 0.261 e. The fourth-order valence-corrected chi connectivity index (χ4v) is 3.42. The number of aliphatic hydroxyl groups excluding tert-OH is 1. The van der Waals surface area contributed by atoms with Crippen molar-refractivity contribution in [2.24, 2.45) is 4.99 Å². The largest absolute Gasteiger partial charge is 0.436 e. The van der Waals surface area contributed by atoms with Crippen LogP contribution in [0.5, 0.6) is 0 Å². The lowest BCUT2D eigenvalue weighted by molar-refractivity contribution is 0.102. The van der Waals surface area contributed by atoms with E-state index in [0.29, 0.717) is 38.6 Å². The molecule has 0 radical (unpaired) electrons. The van der Waals surface area contributed by atoms with Crippen molar-refractivity contribution in [3.8, 4) is 0 Å². The maximum atomic E-state index is 13.2. The van der Waals surface area contributed by atoms with Gasteiger partial charge in [0.05, 0.1) is 33.7 Å². The molecule has 2 heterocycles. The average molecular weight is 454 g/mol. The highest BCUT2D eigenvalue weighted by atomic mass is 35.5. The highest BCUT2D eigenvalue weighted by molar-refractivity contribution is 6.44. The Labute approximate surface area is 187 Å². The number of halogens is 2. The van der Waals surface area contributed by atoms with E-state index in [1.165, 1.54) is 0 Å². The third kappa shape index (κ3) is 4.32. The minimum absolute atomic E-state index is 0.106. The summed E-state index contributed by atoms with van der Waals surface area (Å²) in [5.41, 5.74) is 2.84. The second kappa shape index (κ2) is 8.89. The van der Waals surface area contributed by atoms with Crippen molar-refractivity contribution in [3.63, 3.8) is 0 Å². The van der Waals surface area contributed by atoms with Gasteiger partial charge in [-0.15, -0.1) is 0 Å². The normalized spacial score (nSPS) is 11.7. The van der Waals surface area contributed by atoms with Gasteiger partial charge in [-0.2, -0.15) is 0 Å². The Bertz CT molecular complexity index is 1350. The molecule has 2 aromatic heterocycles. The van der Waals surface area contributed by atoms with Gasteiger partial charge in [-0.25, -0.2) is 4.99 Å². The van der Waals surface area contributed by atoms with Crippen LogP contribution in [0.25, 0.3) is 11.0 Å². The first-order chi connectivity index (χ1) is 15.0. The van der Waals surface area contributed by atoms with E-state index >= 15 is 0 Å². The summed E-state index contributed by atoms with van der Waals surface area (Å²) in [6.07, 6.45) is 1.55. The zero-order valence-corrected chi connectivity index (χ0v) is 17.9. The van der Waals surface area contributed by atoms with Gasteiger partial charge in [0.25, 0.3) is 5.91 Å². The quantitative estimate of drug-likeness (QED) is 0.431. The first-order valence-corrected chi connectivity index (χ1v) is 10.1. The first-order valence-electron chi connectivity index (χ1n) is 9.36. The molecule has 0 fully saturated rings. The van der Waals surface area contributed by atoms with Gasteiger partial charge < -0.3 is 14.8 Å². The topological polar surface area (TPSA) is 87.7 Å². The number of nitrogens with zero attached hydrogens (tertiary/aromatic N) is 2. The third-order valence-corrected chi connectivity index (χ3v) is 5.47. The molecule has 1 amide bonds. The van der Waals surface area contributed by atoms with Gasteiger partial charge in [0, 0.05) is 17.1 Å². The number of nitrogens with one attached hydrogen (secondary N) is 1. The highest BCUT2D eigenvalue weighted by Crippen LogP contribution is 2.30. The fourth-order valence-electron chi connectivity index (χ4n) is 3.07. The summed E-state index contributed by atoms with van der Waals surface area (Å²) in [5.74, 6) is -0.483. The number of fused-ring (bicyclic) bond motifs is 1. The van der Waals surface area contributed by atoms with Gasteiger partial charge in [-0.3, -0.25) is 9.78 Å². The summed E-state index contributed by atoms with van der Waals surface area (Å²) >= 11 is 12.3. The van der Waals surface area contributed by atoms with Crippen LogP contribution < -0.4 is 10.9 Å². The Kier molecular flexibility index (Phi) is 6.04. The average Bonchev–Trinajstić information content (AvgIpc) is 2.78. The summed E-state index contributed by atoms with van der Waals surface area (Å²) in [7, 11) is 0. The maximum absolute atomic E-state index is 13.2. The molecular formula is C23H17Cl2N3O3. The van der Waals surface area contributed by atoms with Crippen LogP contribution in [0, 0.1) is 6.92 Å². The lowest BCUT2D eigenvalue weighted by Crippen LogP contribution is -2.22. The maximum Gasteiger partial charge on any atom is 0.261 e. The second-order valence-electron chi connectivity index (χ2n) is 6.74. The lowest BCUT2D eigenvalue weighted by atomic mass is 10.1. The van der Waals surface area contributed by atoms with Crippen LogP contribution in [0.1, 0.15) is 21.6 Å². The highest BCUT2D eigenvalue weighted by Gasteiger charge is 2.17. The van der Waals surface area contributed by atoms with E-state index in [2.05, 4.69) is 15.3 Å². The zero-order valence-electron chi connectivity index (χ0n) is 16.4. The number of pyridine rings is 1. The number of carbonyl (C=O) groups is 1. The summed E-state index contributed by atoms with van der Waals surface area (Å²) in [5, 5.41) is 13.6.